The number of hydrogen-bond acceptors (Lipinski definition) is 5. The summed E-state index contributed by atoms with van der Waals surface area (Å²) < 4.78 is 5.79. The molecule has 2 aliphatic rings. The Labute approximate surface area is 183 Å². The normalized spacial score (nSPS) is 21.0. The van der Waals surface area contributed by atoms with Crippen molar-refractivity contribution in [2.45, 2.75) is 32.2 Å². The molecule has 30 heavy (non-hydrogen) atoms. The molecule has 3 heterocycles. The molecule has 0 unspecified atom stereocenters. The van der Waals surface area contributed by atoms with Gasteiger partial charge in [0, 0.05) is 29.2 Å². The maximum absolute atomic E-state index is 12.7. The summed E-state index contributed by atoms with van der Waals surface area (Å²) in [5.41, 5.74) is 0.816. The number of halogens is 1. The highest BCUT2D eigenvalue weighted by atomic mass is 35.5. The predicted molar refractivity (Wildman–Crippen MR) is 117 cm³/mol. The molecule has 1 aromatic heterocycles. The van der Waals surface area contributed by atoms with Gasteiger partial charge in [-0.25, -0.2) is 0 Å². The van der Waals surface area contributed by atoms with Crippen LogP contribution in [-0.4, -0.2) is 46.0 Å². The summed E-state index contributed by atoms with van der Waals surface area (Å²) in [5.74, 6) is 0.402. The Kier molecular flexibility index (Phi) is 6.01. The minimum atomic E-state index is -0.469. The lowest BCUT2D eigenvalue weighted by Crippen LogP contribution is -2.47. The van der Waals surface area contributed by atoms with Crippen LogP contribution in [0.4, 0.5) is 4.79 Å². The molecule has 0 saturated carbocycles. The summed E-state index contributed by atoms with van der Waals surface area (Å²) in [4.78, 5) is 40.7. The van der Waals surface area contributed by atoms with Crippen LogP contribution >= 0.6 is 23.4 Å². The van der Waals surface area contributed by atoms with Crippen molar-refractivity contribution in [2.75, 3.05) is 13.1 Å². The molecule has 0 N–H and O–H groups in total. The van der Waals surface area contributed by atoms with E-state index in [9.17, 15) is 14.4 Å². The van der Waals surface area contributed by atoms with Crippen molar-refractivity contribution in [3.8, 4) is 11.3 Å². The highest BCUT2D eigenvalue weighted by molar-refractivity contribution is 8.18. The lowest BCUT2D eigenvalue weighted by Gasteiger charge is -2.34. The SMILES string of the molecule is C[C@H]1CCCCN1C(=O)CN1C(=O)S/C(=C\c2ccc(-c3cccc(Cl)c3)o2)C1=O. The number of furan rings is 1. The second-order valence-electron chi connectivity index (χ2n) is 7.41. The summed E-state index contributed by atoms with van der Waals surface area (Å²) in [5, 5.41) is 0.158. The number of carbonyl (C=O) groups excluding carboxylic acids is 3. The third-order valence-corrected chi connectivity index (χ3v) is 6.44. The van der Waals surface area contributed by atoms with Crippen LogP contribution in [0.15, 0.2) is 45.7 Å². The second kappa shape index (κ2) is 8.70. The van der Waals surface area contributed by atoms with Crippen molar-refractivity contribution in [3.63, 3.8) is 0 Å². The molecule has 3 amide bonds. The predicted octanol–water partition coefficient (Wildman–Crippen LogP) is 5.04. The number of rotatable bonds is 4. The van der Waals surface area contributed by atoms with E-state index in [1.807, 2.05) is 19.1 Å². The van der Waals surface area contributed by atoms with Gasteiger partial charge in [0.1, 0.15) is 18.1 Å². The van der Waals surface area contributed by atoms with Crippen LogP contribution in [-0.2, 0) is 9.59 Å². The van der Waals surface area contributed by atoms with E-state index in [2.05, 4.69) is 0 Å². The molecule has 8 heteroatoms. The average Bonchev–Trinajstić information content (AvgIpc) is 3.29. The van der Waals surface area contributed by atoms with E-state index in [0.29, 0.717) is 23.1 Å². The zero-order chi connectivity index (χ0) is 21.3. The van der Waals surface area contributed by atoms with E-state index in [1.54, 1.807) is 29.2 Å². The number of likely N-dealkylation sites (tertiary alicyclic amines) is 1. The first kappa shape index (κ1) is 20.8. The number of thioether (sulfide) groups is 1. The molecular weight excluding hydrogens is 424 g/mol. The van der Waals surface area contributed by atoms with Crippen molar-refractivity contribution in [3.05, 3.63) is 52.1 Å². The molecule has 2 fully saturated rings. The Morgan fingerprint density at radius 1 is 1.27 bits per heavy atom. The summed E-state index contributed by atoms with van der Waals surface area (Å²) in [6.07, 6.45) is 4.52. The van der Waals surface area contributed by atoms with Crippen LogP contribution < -0.4 is 0 Å². The Bertz CT molecular complexity index is 1030. The topological polar surface area (TPSA) is 70.8 Å². The lowest BCUT2D eigenvalue weighted by molar-refractivity contribution is -0.138. The molecule has 4 rings (SSSR count). The van der Waals surface area contributed by atoms with E-state index in [-0.39, 0.29) is 23.4 Å². The molecule has 0 spiro atoms. The number of piperidine rings is 1. The van der Waals surface area contributed by atoms with Gasteiger partial charge >= 0.3 is 0 Å². The monoisotopic (exact) mass is 444 g/mol. The number of benzene rings is 1. The van der Waals surface area contributed by atoms with Gasteiger partial charge in [-0.3, -0.25) is 19.3 Å². The first-order chi connectivity index (χ1) is 14.4. The van der Waals surface area contributed by atoms with E-state index in [0.717, 1.165) is 41.5 Å². The zero-order valence-electron chi connectivity index (χ0n) is 16.5. The van der Waals surface area contributed by atoms with Gasteiger partial charge < -0.3 is 9.32 Å². The molecule has 1 atom stereocenters. The maximum Gasteiger partial charge on any atom is 0.294 e. The van der Waals surface area contributed by atoms with Crippen molar-refractivity contribution < 1.29 is 18.8 Å². The highest BCUT2D eigenvalue weighted by Gasteiger charge is 2.38. The minimum Gasteiger partial charge on any atom is -0.457 e. The first-order valence-electron chi connectivity index (χ1n) is 9.83. The summed E-state index contributed by atoms with van der Waals surface area (Å²) >= 11 is 6.84. The van der Waals surface area contributed by atoms with Crippen LogP contribution in [0.25, 0.3) is 17.4 Å². The Morgan fingerprint density at radius 2 is 2.10 bits per heavy atom. The van der Waals surface area contributed by atoms with Gasteiger partial charge in [-0.1, -0.05) is 23.7 Å². The molecule has 2 aliphatic heterocycles. The molecule has 2 aromatic rings. The fourth-order valence-electron chi connectivity index (χ4n) is 3.69. The Morgan fingerprint density at radius 3 is 2.87 bits per heavy atom. The third kappa shape index (κ3) is 4.32. The van der Waals surface area contributed by atoms with Crippen molar-refractivity contribution in [2.24, 2.45) is 0 Å². The fourth-order valence-corrected chi connectivity index (χ4v) is 4.70. The van der Waals surface area contributed by atoms with E-state index >= 15 is 0 Å². The van der Waals surface area contributed by atoms with Gasteiger partial charge in [0.2, 0.25) is 5.91 Å². The van der Waals surface area contributed by atoms with E-state index in [1.165, 1.54) is 6.08 Å². The molecule has 0 radical (unpaired) electrons. The minimum absolute atomic E-state index is 0.134. The standard InChI is InChI=1S/C22H21ClN2O4S/c1-14-5-2-3-10-24(14)20(26)13-25-21(27)19(30-22(25)28)12-17-8-9-18(29-17)15-6-4-7-16(23)11-15/h4,6-9,11-12,14H,2-3,5,10,13H2,1H3/b19-12-/t14-/m0/s1. The quantitative estimate of drug-likeness (QED) is 0.618. The number of carbonyl (C=O) groups is 3. The van der Waals surface area contributed by atoms with E-state index < -0.39 is 11.1 Å². The molecule has 156 valence electrons. The van der Waals surface area contributed by atoms with Crippen LogP contribution in [0, 0.1) is 0 Å². The fraction of sp³-hybridized carbons (Fsp3) is 0.318. The van der Waals surface area contributed by atoms with Crippen molar-refractivity contribution >= 4 is 46.5 Å². The van der Waals surface area contributed by atoms with Crippen molar-refractivity contribution in [1.82, 2.24) is 9.80 Å². The molecule has 0 aliphatic carbocycles. The summed E-state index contributed by atoms with van der Waals surface area (Å²) in [7, 11) is 0. The number of nitrogens with zero attached hydrogens (tertiary/aromatic N) is 2. The molecular formula is C22H21ClN2O4S. The molecule has 6 nitrogen and oxygen atoms in total. The number of hydrogen-bond donors (Lipinski definition) is 0. The third-order valence-electron chi connectivity index (χ3n) is 5.30. The number of imide groups is 1. The van der Waals surface area contributed by atoms with E-state index in [4.69, 9.17) is 16.0 Å². The smallest absolute Gasteiger partial charge is 0.294 e. The molecule has 1 aromatic carbocycles. The van der Waals surface area contributed by atoms with Crippen molar-refractivity contribution in [1.29, 1.82) is 0 Å². The first-order valence-corrected chi connectivity index (χ1v) is 11.0. The summed E-state index contributed by atoms with van der Waals surface area (Å²) in [6.45, 7) is 2.45. The highest BCUT2D eigenvalue weighted by Crippen LogP contribution is 2.34. The van der Waals surface area contributed by atoms with Gasteiger partial charge in [-0.2, -0.15) is 0 Å². The van der Waals surface area contributed by atoms with Gasteiger partial charge in [-0.15, -0.1) is 0 Å². The second-order valence-corrected chi connectivity index (χ2v) is 8.84. The van der Waals surface area contributed by atoms with Crippen LogP contribution in [0.1, 0.15) is 31.9 Å². The lowest BCUT2D eigenvalue weighted by atomic mass is 10.0. The van der Waals surface area contributed by atoms with Gasteiger partial charge in [0.15, 0.2) is 0 Å². The largest absolute Gasteiger partial charge is 0.457 e. The van der Waals surface area contributed by atoms with Crippen LogP contribution in [0.2, 0.25) is 5.02 Å². The molecule has 0 bridgehead atoms. The van der Waals surface area contributed by atoms with Gasteiger partial charge in [0.25, 0.3) is 11.1 Å². The van der Waals surface area contributed by atoms with Gasteiger partial charge in [-0.05, 0) is 62.2 Å². The molecule has 2 saturated heterocycles. The average molecular weight is 445 g/mol. The summed E-state index contributed by atoms with van der Waals surface area (Å²) in [6, 6.07) is 10.9. The Hall–Kier alpha value is -2.51. The zero-order valence-corrected chi connectivity index (χ0v) is 18.0. The van der Waals surface area contributed by atoms with Crippen LogP contribution in [0.3, 0.4) is 0 Å². The van der Waals surface area contributed by atoms with Gasteiger partial charge in [0.05, 0.1) is 4.91 Å². The van der Waals surface area contributed by atoms with Crippen LogP contribution in [0.5, 0.6) is 0 Å². The Balaban J connectivity index is 1.47. The maximum atomic E-state index is 12.7. The number of amides is 3.